The van der Waals surface area contributed by atoms with Crippen LogP contribution in [0, 0.1) is 0 Å². The lowest BCUT2D eigenvalue weighted by molar-refractivity contribution is 0.184. The van der Waals surface area contributed by atoms with Gasteiger partial charge in [0.05, 0.1) is 23.6 Å². The molecule has 1 unspecified atom stereocenters. The first-order valence-corrected chi connectivity index (χ1v) is 8.15. The average Bonchev–Trinajstić information content (AvgIpc) is 2.30. The van der Waals surface area contributed by atoms with Crippen molar-refractivity contribution in [2.75, 3.05) is 30.0 Å². The van der Waals surface area contributed by atoms with Crippen LogP contribution in [0.3, 0.4) is 0 Å². The van der Waals surface area contributed by atoms with Crippen molar-refractivity contribution in [2.45, 2.75) is 19.4 Å². The van der Waals surface area contributed by atoms with E-state index in [2.05, 4.69) is 17.0 Å². The van der Waals surface area contributed by atoms with Crippen LogP contribution in [-0.2, 0) is 14.8 Å². The van der Waals surface area contributed by atoms with Crippen molar-refractivity contribution in [3.05, 3.63) is 23.2 Å². The monoisotopic (exact) mass is 306 g/mol. The molecule has 2 N–H and O–H groups in total. The van der Waals surface area contributed by atoms with Crippen LogP contribution in [0.1, 0.15) is 13.3 Å². The fraction of sp³-hybridized carbons (Fsp3) is 0.500. The van der Waals surface area contributed by atoms with Gasteiger partial charge in [0.2, 0.25) is 10.0 Å². The summed E-state index contributed by atoms with van der Waals surface area (Å²) in [6, 6.07) is 5.28. The molecule has 0 saturated carbocycles. The smallest absolute Gasteiger partial charge is 0.229 e. The second-order valence-electron chi connectivity index (χ2n) is 4.27. The zero-order valence-corrected chi connectivity index (χ0v) is 12.8. The van der Waals surface area contributed by atoms with Gasteiger partial charge in [0.25, 0.3) is 0 Å². The van der Waals surface area contributed by atoms with Gasteiger partial charge in [0.15, 0.2) is 0 Å². The van der Waals surface area contributed by atoms with E-state index in [9.17, 15) is 8.42 Å². The molecule has 0 fully saturated rings. The summed E-state index contributed by atoms with van der Waals surface area (Å²) in [5.41, 5.74) is 1.20. The van der Waals surface area contributed by atoms with Gasteiger partial charge in [-0.05, 0) is 24.6 Å². The highest BCUT2D eigenvalue weighted by atomic mass is 35.5. The average molecular weight is 307 g/mol. The molecule has 0 aliphatic carbocycles. The van der Waals surface area contributed by atoms with Gasteiger partial charge in [-0.2, -0.15) is 0 Å². The molecule has 0 amide bonds. The van der Waals surface area contributed by atoms with Gasteiger partial charge in [-0.25, -0.2) is 8.42 Å². The number of hydrogen-bond donors (Lipinski definition) is 2. The summed E-state index contributed by atoms with van der Waals surface area (Å²) in [5.74, 6) is 0. The molecule has 19 heavy (non-hydrogen) atoms. The maximum Gasteiger partial charge on any atom is 0.229 e. The molecule has 0 aliphatic heterocycles. The van der Waals surface area contributed by atoms with Crippen LogP contribution >= 0.6 is 11.6 Å². The Balaban J connectivity index is 2.81. The van der Waals surface area contributed by atoms with Crippen molar-refractivity contribution in [1.29, 1.82) is 0 Å². The minimum absolute atomic E-state index is 0.190. The first kappa shape index (κ1) is 16.1. The highest BCUT2D eigenvalue weighted by Crippen LogP contribution is 2.26. The molecule has 0 aliphatic rings. The van der Waals surface area contributed by atoms with Gasteiger partial charge in [-0.1, -0.05) is 18.5 Å². The van der Waals surface area contributed by atoms with Crippen molar-refractivity contribution < 1.29 is 13.2 Å². The highest BCUT2D eigenvalue weighted by Gasteiger charge is 2.09. The molecule has 7 heteroatoms. The first-order valence-electron chi connectivity index (χ1n) is 5.88. The highest BCUT2D eigenvalue weighted by molar-refractivity contribution is 7.92. The molecule has 1 aromatic rings. The van der Waals surface area contributed by atoms with E-state index in [1.54, 1.807) is 25.3 Å². The van der Waals surface area contributed by atoms with Crippen molar-refractivity contribution in [3.8, 4) is 0 Å². The molecule has 0 radical (unpaired) electrons. The summed E-state index contributed by atoms with van der Waals surface area (Å²) in [6.07, 6.45) is 2.00. The lowest BCUT2D eigenvalue weighted by atomic mass is 10.2. The normalized spacial score (nSPS) is 13.1. The summed E-state index contributed by atoms with van der Waals surface area (Å²) in [4.78, 5) is 0. The summed E-state index contributed by atoms with van der Waals surface area (Å²) < 4.78 is 29.7. The number of anilines is 2. The molecular formula is C12H19ClN2O3S. The summed E-state index contributed by atoms with van der Waals surface area (Å²) >= 11 is 6.04. The van der Waals surface area contributed by atoms with Gasteiger partial charge in [0.1, 0.15) is 0 Å². The molecule has 0 saturated heterocycles. The lowest BCUT2D eigenvalue weighted by Crippen LogP contribution is -2.23. The van der Waals surface area contributed by atoms with E-state index in [1.807, 2.05) is 0 Å². The number of sulfonamides is 1. The lowest BCUT2D eigenvalue weighted by Gasteiger charge is -2.18. The van der Waals surface area contributed by atoms with E-state index in [1.165, 1.54) is 0 Å². The second kappa shape index (κ2) is 6.98. The van der Waals surface area contributed by atoms with Crippen molar-refractivity contribution in [2.24, 2.45) is 0 Å². The van der Waals surface area contributed by atoms with E-state index in [0.29, 0.717) is 17.3 Å². The quantitative estimate of drug-likeness (QED) is 0.812. The Bertz CT molecular complexity index is 520. The van der Waals surface area contributed by atoms with Crippen LogP contribution < -0.4 is 10.0 Å². The van der Waals surface area contributed by atoms with Crippen LogP contribution in [0.5, 0.6) is 0 Å². The predicted molar refractivity (Wildman–Crippen MR) is 79.5 cm³/mol. The number of ether oxygens (including phenoxy) is 1. The van der Waals surface area contributed by atoms with Crippen LogP contribution in [0.25, 0.3) is 0 Å². The third kappa shape index (κ3) is 5.67. The van der Waals surface area contributed by atoms with E-state index in [-0.39, 0.29) is 6.04 Å². The SMILES string of the molecule is CCC(COC)Nc1ccc(NS(C)(=O)=O)c(Cl)c1. The molecule has 0 heterocycles. The van der Waals surface area contributed by atoms with Crippen molar-refractivity contribution >= 4 is 33.0 Å². The first-order chi connectivity index (χ1) is 8.85. The number of halogens is 1. The molecule has 0 aromatic heterocycles. The van der Waals surface area contributed by atoms with Gasteiger partial charge >= 0.3 is 0 Å². The molecule has 0 bridgehead atoms. The van der Waals surface area contributed by atoms with Crippen molar-refractivity contribution in [1.82, 2.24) is 0 Å². The third-order valence-electron chi connectivity index (χ3n) is 2.50. The number of benzene rings is 1. The Morgan fingerprint density at radius 3 is 2.58 bits per heavy atom. The maximum atomic E-state index is 11.1. The van der Waals surface area contributed by atoms with Crippen LogP contribution in [0.2, 0.25) is 5.02 Å². The zero-order valence-electron chi connectivity index (χ0n) is 11.2. The zero-order chi connectivity index (χ0) is 14.5. The Hall–Kier alpha value is -0.980. The van der Waals surface area contributed by atoms with Gasteiger partial charge in [-0.3, -0.25) is 4.72 Å². The molecule has 0 spiro atoms. The van der Waals surface area contributed by atoms with E-state index in [4.69, 9.17) is 16.3 Å². The number of rotatable bonds is 7. The Kier molecular flexibility index (Phi) is 5.90. The van der Waals surface area contributed by atoms with E-state index >= 15 is 0 Å². The third-order valence-corrected chi connectivity index (χ3v) is 3.40. The van der Waals surface area contributed by atoms with Gasteiger partial charge in [0, 0.05) is 18.8 Å². The van der Waals surface area contributed by atoms with Gasteiger partial charge < -0.3 is 10.1 Å². The largest absolute Gasteiger partial charge is 0.383 e. The molecule has 1 rings (SSSR count). The fourth-order valence-corrected chi connectivity index (χ4v) is 2.45. The number of hydrogen-bond acceptors (Lipinski definition) is 4. The second-order valence-corrected chi connectivity index (χ2v) is 6.43. The minimum Gasteiger partial charge on any atom is -0.383 e. The minimum atomic E-state index is -3.32. The standard InChI is InChI=1S/C12H19ClN2O3S/c1-4-9(8-18-2)14-10-5-6-12(11(13)7-10)15-19(3,16)17/h5-7,9,14-15H,4,8H2,1-3H3. The van der Waals surface area contributed by atoms with Crippen LogP contribution in [0.4, 0.5) is 11.4 Å². The Morgan fingerprint density at radius 2 is 2.11 bits per heavy atom. The Labute approximate surface area is 119 Å². The summed E-state index contributed by atoms with van der Waals surface area (Å²) in [6.45, 7) is 2.65. The molecule has 5 nitrogen and oxygen atoms in total. The van der Waals surface area contributed by atoms with E-state index < -0.39 is 10.0 Å². The summed E-state index contributed by atoms with van der Waals surface area (Å²) in [5, 5.41) is 3.62. The van der Waals surface area contributed by atoms with E-state index in [0.717, 1.165) is 18.4 Å². The van der Waals surface area contributed by atoms with Crippen LogP contribution in [0.15, 0.2) is 18.2 Å². The fourth-order valence-electron chi connectivity index (χ4n) is 1.59. The Morgan fingerprint density at radius 1 is 1.42 bits per heavy atom. The predicted octanol–water partition coefficient (Wildman–Crippen LogP) is 2.55. The molecule has 108 valence electrons. The topological polar surface area (TPSA) is 67.4 Å². The number of methoxy groups -OCH3 is 1. The maximum absolute atomic E-state index is 11.1. The van der Waals surface area contributed by atoms with Crippen molar-refractivity contribution in [3.63, 3.8) is 0 Å². The molecule has 1 atom stereocenters. The number of nitrogens with one attached hydrogen (secondary N) is 2. The van der Waals surface area contributed by atoms with Crippen LogP contribution in [-0.4, -0.2) is 34.4 Å². The van der Waals surface area contributed by atoms with Gasteiger partial charge in [-0.15, -0.1) is 0 Å². The molecular weight excluding hydrogens is 288 g/mol. The molecule has 1 aromatic carbocycles. The summed E-state index contributed by atoms with van der Waals surface area (Å²) in [7, 11) is -1.67.